The number of aliphatic hydroxyl groups is 1. The summed E-state index contributed by atoms with van der Waals surface area (Å²) in [5, 5.41) is 8.85. The predicted molar refractivity (Wildman–Crippen MR) is 51.1 cm³/mol. The molecular formula is C10H21NO. The van der Waals surface area contributed by atoms with Crippen LogP contribution in [0.1, 0.15) is 33.1 Å². The Hall–Kier alpha value is -0.0800. The van der Waals surface area contributed by atoms with Crippen molar-refractivity contribution in [3.05, 3.63) is 0 Å². The minimum Gasteiger partial charge on any atom is -0.395 e. The van der Waals surface area contributed by atoms with Gasteiger partial charge < -0.3 is 5.11 Å². The molecule has 0 bridgehead atoms. The molecule has 1 aliphatic carbocycles. The van der Waals surface area contributed by atoms with Crippen LogP contribution in [0.25, 0.3) is 0 Å². The molecule has 0 spiro atoms. The summed E-state index contributed by atoms with van der Waals surface area (Å²) in [5.41, 5.74) is 0. The lowest BCUT2D eigenvalue weighted by atomic mass is 9.77. The third-order valence-electron chi connectivity index (χ3n) is 3.16. The van der Waals surface area contributed by atoms with E-state index in [-0.39, 0.29) is 0 Å². The summed E-state index contributed by atoms with van der Waals surface area (Å²) in [6, 6.07) is 0.771. The second-order valence-corrected chi connectivity index (χ2v) is 3.67. The van der Waals surface area contributed by atoms with Gasteiger partial charge in [-0.15, -0.1) is 0 Å². The molecule has 1 rings (SSSR count). The average Bonchev–Trinajstić information content (AvgIpc) is 2.02. The van der Waals surface area contributed by atoms with Crippen LogP contribution in [0.2, 0.25) is 0 Å². The van der Waals surface area contributed by atoms with Gasteiger partial charge in [0.2, 0.25) is 0 Å². The van der Waals surface area contributed by atoms with Gasteiger partial charge in [-0.2, -0.15) is 0 Å². The number of likely N-dealkylation sites (N-methyl/N-ethyl adjacent to an activating group) is 1. The monoisotopic (exact) mass is 171 g/mol. The van der Waals surface area contributed by atoms with Gasteiger partial charge in [-0.25, -0.2) is 0 Å². The van der Waals surface area contributed by atoms with Crippen molar-refractivity contribution in [1.82, 2.24) is 4.90 Å². The van der Waals surface area contributed by atoms with Crippen molar-refractivity contribution in [2.75, 3.05) is 19.7 Å². The zero-order chi connectivity index (χ0) is 8.97. The molecule has 2 atom stereocenters. The Labute approximate surface area is 75.6 Å². The van der Waals surface area contributed by atoms with Crippen LogP contribution < -0.4 is 0 Å². The largest absolute Gasteiger partial charge is 0.395 e. The van der Waals surface area contributed by atoms with Gasteiger partial charge in [-0.3, -0.25) is 4.90 Å². The third-order valence-corrected chi connectivity index (χ3v) is 3.16. The van der Waals surface area contributed by atoms with Gasteiger partial charge in [0, 0.05) is 12.6 Å². The number of hydrogen-bond donors (Lipinski definition) is 1. The van der Waals surface area contributed by atoms with Crippen molar-refractivity contribution in [2.24, 2.45) is 5.92 Å². The maximum atomic E-state index is 8.85. The number of aliphatic hydroxyl groups excluding tert-OH is 1. The first-order valence-electron chi connectivity index (χ1n) is 5.18. The van der Waals surface area contributed by atoms with E-state index in [0.29, 0.717) is 6.61 Å². The number of rotatable bonds is 5. The van der Waals surface area contributed by atoms with Crippen LogP contribution >= 0.6 is 0 Å². The summed E-state index contributed by atoms with van der Waals surface area (Å²) in [5.74, 6) is 0.900. The molecule has 72 valence electrons. The normalized spacial score (nSPS) is 29.0. The molecule has 0 aromatic heterocycles. The van der Waals surface area contributed by atoms with E-state index in [1.165, 1.54) is 19.3 Å². The fourth-order valence-corrected chi connectivity index (χ4v) is 2.20. The van der Waals surface area contributed by atoms with E-state index in [1.54, 1.807) is 0 Å². The molecular weight excluding hydrogens is 150 g/mol. The summed E-state index contributed by atoms with van der Waals surface area (Å²) < 4.78 is 0. The Kier molecular flexibility index (Phi) is 4.02. The molecule has 0 aromatic rings. The smallest absolute Gasteiger partial charge is 0.0558 e. The molecule has 2 unspecified atom stereocenters. The lowest BCUT2D eigenvalue weighted by Gasteiger charge is -2.43. The molecule has 0 aromatic carbocycles. The van der Waals surface area contributed by atoms with Crippen LogP contribution in [-0.2, 0) is 0 Å². The van der Waals surface area contributed by atoms with Crippen LogP contribution in [0.5, 0.6) is 0 Å². The Bertz CT molecular complexity index is 123. The van der Waals surface area contributed by atoms with Gasteiger partial charge in [0.15, 0.2) is 0 Å². The van der Waals surface area contributed by atoms with E-state index in [2.05, 4.69) is 18.7 Å². The molecule has 1 saturated carbocycles. The molecule has 12 heavy (non-hydrogen) atoms. The maximum absolute atomic E-state index is 8.85. The van der Waals surface area contributed by atoms with Crippen LogP contribution in [0, 0.1) is 5.92 Å². The SMILES string of the molecule is CCC1CCC1N(CC)CCO. The van der Waals surface area contributed by atoms with E-state index in [0.717, 1.165) is 25.0 Å². The van der Waals surface area contributed by atoms with Crippen molar-refractivity contribution in [2.45, 2.75) is 39.2 Å². The average molecular weight is 171 g/mol. The summed E-state index contributed by atoms with van der Waals surface area (Å²) in [6.07, 6.45) is 4.03. The van der Waals surface area contributed by atoms with E-state index in [9.17, 15) is 0 Å². The maximum Gasteiger partial charge on any atom is 0.0558 e. The van der Waals surface area contributed by atoms with Crippen molar-refractivity contribution in [1.29, 1.82) is 0 Å². The first-order valence-corrected chi connectivity index (χ1v) is 5.18. The van der Waals surface area contributed by atoms with Crippen molar-refractivity contribution < 1.29 is 5.11 Å². The van der Waals surface area contributed by atoms with E-state index in [1.807, 2.05) is 0 Å². The topological polar surface area (TPSA) is 23.5 Å². The third kappa shape index (κ3) is 1.99. The van der Waals surface area contributed by atoms with Gasteiger partial charge in [0.1, 0.15) is 0 Å². The second kappa shape index (κ2) is 4.83. The first-order chi connectivity index (χ1) is 5.83. The van der Waals surface area contributed by atoms with Crippen LogP contribution in [0.15, 0.2) is 0 Å². The number of hydrogen-bond acceptors (Lipinski definition) is 2. The molecule has 2 heteroatoms. The summed E-state index contributed by atoms with van der Waals surface area (Å²) in [4.78, 5) is 2.41. The molecule has 1 aliphatic rings. The zero-order valence-electron chi connectivity index (χ0n) is 8.29. The fraction of sp³-hybridized carbons (Fsp3) is 1.00. The minimum atomic E-state index is 0.306. The van der Waals surface area contributed by atoms with Crippen molar-refractivity contribution >= 4 is 0 Å². The Balaban J connectivity index is 2.32. The van der Waals surface area contributed by atoms with Crippen molar-refractivity contribution in [3.8, 4) is 0 Å². The van der Waals surface area contributed by atoms with Gasteiger partial charge >= 0.3 is 0 Å². The minimum absolute atomic E-state index is 0.306. The summed E-state index contributed by atoms with van der Waals surface area (Å²) >= 11 is 0. The zero-order valence-corrected chi connectivity index (χ0v) is 8.29. The van der Waals surface area contributed by atoms with E-state index < -0.39 is 0 Å². The summed E-state index contributed by atoms with van der Waals surface area (Å²) in [7, 11) is 0. The van der Waals surface area contributed by atoms with Gasteiger partial charge in [-0.05, 0) is 25.3 Å². The summed E-state index contributed by atoms with van der Waals surface area (Å²) in [6.45, 7) is 6.70. The highest BCUT2D eigenvalue weighted by atomic mass is 16.3. The molecule has 0 saturated heterocycles. The van der Waals surface area contributed by atoms with E-state index >= 15 is 0 Å². The van der Waals surface area contributed by atoms with Crippen LogP contribution in [0.4, 0.5) is 0 Å². The lowest BCUT2D eigenvalue weighted by molar-refractivity contribution is 0.0502. The van der Waals surface area contributed by atoms with Crippen LogP contribution in [0.3, 0.4) is 0 Å². The first kappa shape index (κ1) is 10.0. The molecule has 0 heterocycles. The second-order valence-electron chi connectivity index (χ2n) is 3.67. The highest BCUT2D eigenvalue weighted by Crippen LogP contribution is 2.34. The predicted octanol–water partition coefficient (Wildman–Crippen LogP) is 1.49. The van der Waals surface area contributed by atoms with Crippen LogP contribution in [-0.4, -0.2) is 35.7 Å². The van der Waals surface area contributed by atoms with E-state index in [4.69, 9.17) is 5.11 Å². The highest BCUT2D eigenvalue weighted by molar-refractivity contribution is 4.87. The highest BCUT2D eigenvalue weighted by Gasteiger charge is 2.32. The number of nitrogens with zero attached hydrogens (tertiary/aromatic N) is 1. The van der Waals surface area contributed by atoms with Crippen molar-refractivity contribution in [3.63, 3.8) is 0 Å². The Morgan fingerprint density at radius 2 is 2.08 bits per heavy atom. The molecule has 0 radical (unpaired) electrons. The molecule has 1 fully saturated rings. The van der Waals surface area contributed by atoms with Gasteiger partial charge in [0.25, 0.3) is 0 Å². The lowest BCUT2D eigenvalue weighted by Crippen LogP contribution is -2.47. The molecule has 2 nitrogen and oxygen atoms in total. The molecule has 0 aliphatic heterocycles. The Morgan fingerprint density at radius 1 is 1.33 bits per heavy atom. The van der Waals surface area contributed by atoms with Gasteiger partial charge in [0.05, 0.1) is 6.61 Å². The standard InChI is InChI=1S/C10H21NO/c1-3-9-5-6-10(9)11(4-2)7-8-12/h9-10,12H,3-8H2,1-2H3. The molecule has 0 amide bonds. The Morgan fingerprint density at radius 3 is 2.42 bits per heavy atom. The fourth-order valence-electron chi connectivity index (χ4n) is 2.20. The van der Waals surface area contributed by atoms with Gasteiger partial charge in [-0.1, -0.05) is 20.3 Å². The quantitative estimate of drug-likeness (QED) is 0.677. The molecule has 1 N–H and O–H groups in total.